The van der Waals surface area contributed by atoms with Crippen molar-refractivity contribution in [3.63, 3.8) is 0 Å². The van der Waals surface area contributed by atoms with Crippen molar-refractivity contribution in [1.29, 1.82) is 0 Å². The summed E-state index contributed by atoms with van der Waals surface area (Å²) in [4.78, 5) is 0. The molecule has 0 fully saturated rings. The average molecular weight is 386 g/mol. The van der Waals surface area contributed by atoms with E-state index in [1.165, 1.54) is 5.56 Å². The molecule has 3 rings (SSSR count). The molecule has 4 heteroatoms. The Morgan fingerprint density at radius 1 is 1.26 bits per heavy atom. The molecule has 19 heavy (non-hydrogen) atoms. The molecule has 2 nitrogen and oxygen atoms in total. The average Bonchev–Trinajstić information content (AvgIpc) is 2.80. The Bertz CT molecular complexity index is 577. The maximum Gasteiger partial charge on any atom is 0.123 e. The van der Waals surface area contributed by atoms with Crippen molar-refractivity contribution in [2.75, 3.05) is 11.9 Å². The second-order valence-corrected chi connectivity index (χ2v) is 6.16. The van der Waals surface area contributed by atoms with E-state index in [9.17, 15) is 0 Å². The lowest BCUT2D eigenvalue weighted by molar-refractivity contribution is 0.246. The number of halogens is 2. The molecule has 0 spiro atoms. The lowest BCUT2D eigenvalue weighted by atomic mass is 10.1. The highest BCUT2D eigenvalue weighted by Crippen LogP contribution is 2.29. The molecule has 1 heterocycles. The first-order valence-electron chi connectivity index (χ1n) is 6.16. The van der Waals surface area contributed by atoms with E-state index in [0.717, 1.165) is 33.0 Å². The topological polar surface area (TPSA) is 21.3 Å². The molecule has 0 amide bonds. The number of hydrogen-bond acceptors (Lipinski definition) is 2. The molecule has 0 aliphatic carbocycles. The van der Waals surface area contributed by atoms with Gasteiger partial charge >= 0.3 is 0 Å². The maximum atomic E-state index is 5.95. The summed E-state index contributed by atoms with van der Waals surface area (Å²) in [5, 5.41) is 4.19. The summed E-state index contributed by atoms with van der Waals surface area (Å²) in [6, 6.07) is 14.1. The molecule has 0 aromatic heterocycles. The first-order chi connectivity index (χ1) is 9.22. The van der Waals surface area contributed by atoms with Crippen molar-refractivity contribution in [2.24, 2.45) is 0 Å². The summed E-state index contributed by atoms with van der Waals surface area (Å²) in [6.07, 6.45) is 1.16. The Balaban J connectivity index is 1.63. The number of para-hydroxylation sites is 1. The van der Waals surface area contributed by atoms with E-state index in [0.29, 0.717) is 0 Å². The van der Waals surface area contributed by atoms with Crippen LogP contribution in [-0.4, -0.2) is 12.6 Å². The van der Waals surface area contributed by atoms with Crippen molar-refractivity contribution in [3.05, 3.63) is 56.6 Å². The molecule has 0 radical (unpaired) electrons. The molecule has 0 saturated carbocycles. The molecule has 0 saturated heterocycles. The van der Waals surface area contributed by atoms with Crippen LogP contribution in [0.25, 0.3) is 0 Å². The molecule has 0 bridgehead atoms. The van der Waals surface area contributed by atoms with Crippen molar-refractivity contribution in [1.82, 2.24) is 0 Å². The highest BCUT2D eigenvalue weighted by atomic mass is 127. The van der Waals surface area contributed by atoms with Crippen LogP contribution < -0.4 is 10.1 Å². The van der Waals surface area contributed by atoms with E-state index in [4.69, 9.17) is 16.3 Å². The quantitative estimate of drug-likeness (QED) is 0.793. The molecule has 1 atom stereocenters. The van der Waals surface area contributed by atoms with Gasteiger partial charge < -0.3 is 10.1 Å². The zero-order chi connectivity index (χ0) is 13.2. The largest absolute Gasteiger partial charge is 0.488 e. The van der Waals surface area contributed by atoms with Gasteiger partial charge in [0.25, 0.3) is 0 Å². The first kappa shape index (κ1) is 13.1. The molecule has 1 N–H and O–H groups in total. The van der Waals surface area contributed by atoms with Gasteiger partial charge in [0.2, 0.25) is 0 Å². The van der Waals surface area contributed by atoms with Crippen LogP contribution in [0.5, 0.6) is 5.75 Å². The minimum atomic E-state index is 0.198. The molecule has 1 aliphatic rings. The smallest absolute Gasteiger partial charge is 0.123 e. The van der Waals surface area contributed by atoms with Gasteiger partial charge in [-0.25, -0.2) is 0 Å². The third-order valence-electron chi connectivity index (χ3n) is 3.17. The number of anilines is 1. The van der Waals surface area contributed by atoms with Gasteiger partial charge in [-0.05, 0) is 52.4 Å². The van der Waals surface area contributed by atoms with E-state index in [1.807, 2.05) is 30.3 Å². The van der Waals surface area contributed by atoms with Crippen LogP contribution in [0.1, 0.15) is 5.56 Å². The predicted octanol–water partition coefficient (Wildman–Crippen LogP) is 4.36. The fourth-order valence-corrected chi connectivity index (χ4v) is 3.29. The minimum absolute atomic E-state index is 0.198. The zero-order valence-corrected chi connectivity index (χ0v) is 13.1. The Hall–Kier alpha value is -0.940. The van der Waals surface area contributed by atoms with E-state index in [-0.39, 0.29) is 6.10 Å². The second-order valence-electron chi connectivity index (χ2n) is 4.56. The van der Waals surface area contributed by atoms with Crippen LogP contribution in [0.4, 0.5) is 5.69 Å². The predicted molar refractivity (Wildman–Crippen MR) is 87.2 cm³/mol. The third kappa shape index (κ3) is 2.98. The van der Waals surface area contributed by atoms with Crippen LogP contribution in [0.15, 0.2) is 42.5 Å². The van der Waals surface area contributed by atoms with Crippen LogP contribution in [0, 0.1) is 3.57 Å². The van der Waals surface area contributed by atoms with E-state index in [1.54, 1.807) is 0 Å². The van der Waals surface area contributed by atoms with Crippen LogP contribution in [0.3, 0.4) is 0 Å². The summed E-state index contributed by atoms with van der Waals surface area (Å²) < 4.78 is 7.03. The van der Waals surface area contributed by atoms with Gasteiger partial charge in [-0.15, -0.1) is 0 Å². The van der Waals surface area contributed by atoms with E-state index in [2.05, 4.69) is 40.0 Å². The summed E-state index contributed by atoms with van der Waals surface area (Å²) in [5.41, 5.74) is 2.39. The number of benzene rings is 2. The molecule has 2 aromatic rings. The SMILES string of the molecule is Clc1ccc(NCC2Cc3ccccc3O2)c(I)c1. The van der Waals surface area contributed by atoms with Crippen LogP contribution in [0.2, 0.25) is 5.02 Å². The van der Waals surface area contributed by atoms with Gasteiger partial charge in [0.1, 0.15) is 11.9 Å². The lowest BCUT2D eigenvalue weighted by Crippen LogP contribution is -2.24. The first-order valence-corrected chi connectivity index (χ1v) is 7.61. The fourth-order valence-electron chi connectivity index (χ4n) is 2.22. The van der Waals surface area contributed by atoms with Crippen molar-refractivity contribution in [2.45, 2.75) is 12.5 Å². The highest BCUT2D eigenvalue weighted by molar-refractivity contribution is 14.1. The van der Waals surface area contributed by atoms with Gasteiger partial charge in [-0.3, -0.25) is 0 Å². The van der Waals surface area contributed by atoms with Crippen molar-refractivity contribution < 1.29 is 4.74 Å². The van der Waals surface area contributed by atoms with Crippen molar-refractivity contribution >= 4 is 39.9 Å². The van der Waals surface area contributed by atoms with Gasteiger partial charge in [-0.2, -0.15) is 0 Å². The second kappa shape index (κ2) is 5.59. The third-order valence-corrected chi connectivity index (χ3v) is 4.29. The van der Waals surface area contributed by atoms with Gasteiger partial charge in [-0.1, -0.05) is 29.8 Å². The number of fused-ring (bicyclic) bond motifs is 1. The van der Waals surface area contributed by atoms with Crippen LogP contribution in [-0.2, 0) is 6.42 Å². The molecule has 1 unspecified atom stereocenters. The standard InChI is InChI=1S/C15H13ClINO/c16-11-5-6-14(13(17)8-11)18-9-12-7-10-3-1-2-4-15(10)19-12/h1-6,8,12,18H,7,9H2. The number of ether oxygens (including phenoxy) is 1. The minimum Gasteiger partial charge on any atom is -0.488 e. The summed E-state index contributed by atoms with van der Waals surface area (Å²) >= 11 is 8.23. The monoisotopic (exact) mass is 385 g/mol. The fraction of sp³-hybridized carbons (Fsp3) is 0.200. The normalized spacial score (nSPS) is 16.8. The Kier molecular flexibility index (Phi) is 3.84. The maximum absolute atomic E-state index is 5.95. The van der Waals surface area contributed by atoms with E-state index >= 15 is 0 Å². The summed E-state index contributed by atoms with van der Waals surface area (Å²) in [5.74, 6) is 1.01. The number of nitrogens with one attached hydrogen (secondary N) is 1. The van der Waals surface area contributed by atoms with Crippen molar-refractivity contribution in [3.8, 4) is 5.75 Å². The van der Waals surface area contributed by atoms with Gasteiger partial charge in [0, 0.05) is 20.7 Å². The Morgan fingerprint density at radius 2 is 2.11 bits per heavy atom. The number of hydrogen-bond donors (Lipinski definition) is 1. The molecular weight excluding hydrogens is 373 g/mol. The lowest BCUT2D eigenvalue weighted by Gasteiger charge is -2.14. The molecule has 98 valence electrons. The van der Waals surface area contributed by atoms with E-state index < -0.39 is 0 Å². The molecular formula is C15H13ClINO. The highest BCUT2D eigenvalue weighted by Gasteiger charge is 2.21. The zero-order valence-electron chi connectivity index (χ0n) is 10.2. The van der Waals surface area contributed by atoms with Crippen LogP contribution >= 0.6 is 34.2 Å². The molecule has 1 aliphatic heterocycles. The van der Waals surface area contributed by atoms with Gasteiger partial charge in [0.15, 0.2) is 0 Å². The number of rotatable bonds is 3. The summed E-state index contributed by atoms with van der Waals surface area (Å²) in [7, 11) is 0. The van der Waals surface area contributed by atoms with Gasteiger partial charge in [0.05, 0.1) is 6.54 Å². The summed E-state index contributed by atoms with van der Waals surface area (Å²) in [6.45, 7) is 0.798. The Morgan fingerprint density at radius 3 is 2.89 bits per heavy atom. The molecule has 2 aromatic carbocycles. The Labute approximate surface area is 131 Å².